The van der Waals surface area contributed by atoms with Crippen molar-refractivity contribution in [2.24, 2.45) is 0 Å². The van der Waals surface area contributed by atoms with E-state index in [1.807, 2.05) is 0 Å². The second-order valence-corrected chi connectivity index (χ2v) is 3.42. The Bertz CT molecular complexity index is 350. The van der Waals surface area contributed by atoms with Crippen molar-refractivity contribution in [2.75, 3.05) is 20.8 Å². The number of ketones is 1. The van der Waals surface area contributed by atoms with E-state index in [2.05, 4.69) is 0 Å². The fraction of sp³-hybridized carbons (Fsp3) is 0.364. The van der Waals surface area contributed by atoms with Crippen molar-refractivity contribution in [3.05, 3.63) is 28.8 Å². The highest BCUT2D eigenvalue weighted by molar-refractivity contribution is 6.34. The minimum absolute atomic E-state index is 0.0236. The van der Waals surface area contributed by atoms with Gasteiger partial charge in [-0.1, -0.05) is 11.6 Å². The number of rotatable bonds is 5. The van der Waals surface area contributed by atoms with E-state index in [1.54, 1.807) is 32.4 Å². The molecule has 1 rings (SSSR count). The summed E-state index contributed by atoms with van der Waals surface area (Å²) in [6.45, 7) is 0.404. The van der Waals surface area contributed by atoms with Crippen LogP contribution >= 0.6 is 11.6 Å². The molecule has 0 aliphatic carbocycles. The molecule has 3 nitrogen and oxygen atoms in total. The third kappa shape index (κ3) is 3.22. The second kappa shape index (κ2) is 5.73. The van der Waals surface area contributed by atoms with Crippen LogP contribution in [0.5, 0.6) is 5.75 Å². The van der Waals surface area contributed by atoms with Crippen molar-refractivity contribution in [1.29, 1.82) is 0 Å². The molecule has 0 amide bonds. The lowest BCUT2D eigenvalue weighted by atomic mass is 10.1. The highest BCUT2D eigenvalue weighted by Gasteiger charge is 2.10. The predicted octanol–water partition coefficient (Wildman–Crippen LogP) is 2.57. The van der Waals surface area contributed by atoms with Crippen LogP contribution in [0.3, 0.4) is 0 Å². The van der Waals surface area contributed by atoms with E-state index in [-0.39, 0.29) is 5.78 Å². The maximum absolute atomic E-state index is 11.6. The lowest BCUT2D eigenvalue weighted by Crippen LogP contribution is -2.04. The van der Waals surface area contributed by atoms with Gasteiger partial charge in [-0.25, -0.2) is 0 Å². The minimum atomic E-state index is -0.0236. The quantitative estimate of drug-likeness (QED) is 0.727. The Balaban J connectivity index is 2.81. The van der Waals surface area contributed by atoms with Crippen LogP contribution in [0.15, 0.2) is 18.2 Å². The van der Waals surface area contributed by atoms with Gasteiger partial charge in [0.15, 0.2) is 5.78 Å². The van der Waals surface area contributed by atoms with E-state index in [9.17, 15) is 4.79 Å². The first-order chi connectivity index (χ1) is 7.19. The standard InChI is InChI=1S/C11H13ClO3/c1-14-6-5-11(13)9-4-3-8(15-2)7-10(9)12/h3-4,7H,5-6H2,1-2H3. The maximum Gasteiger partial charge on any atom is 0.166 e. The molecule has 1 aromatic carbocycles. The molecule has 0 aliphatic rings. The Kier molecular flexibility index (Phi) is 4.59. The van der Waals surface area contributed by atoms with Crippen molar-refractivity contribution in [1.82, 2.24) is 0 Å². The lowest BCUT2D eigenvalue weighted by Gasteiger charge is -2.05. The van der Waals surface area contributed by atoms with Crippen molar-refractivity contribution in [2.45, 2.75) is 6.42 Å². The van der Waals surface area contributed by atoms with Crippen LogP contribution in [0.2, 0.25) is 5.02 Å². The van der Waals surface area contributed by atoms with Gasteiger partial charge in [0.05, 0.1) is 18.7 Å². The Morgan fingerprint density at radius 1 is 1.40 bits per heavy atom. The minimum Gasteiger partial charge on any atom is -0.497 e. The van der Waals surface area contributed by atoms with E-state index in [0.717, 1.165) is 0 Å². The monoisotopic (exact) mass is 228 g/mol. The number of carbonyl (C=O) groups is 1. The number of benzene rings is 1. The average molecular weight is 229 g/mol. The number of hydrogen-bond acceptors (Lipinski definition) is 3. The number of hydrogen-bond donors (Lipinski definition) is 0. The molecule has 0 heterocycles. The second-order valence-electron chi connectivity index (χ2n) is 3.01. The molecule has 0 unspecified atom stereocenters. The van der Waals surface area contributed by atoms with Gasteiger partial charge in [-0.05, 0) is 18.2 Å². The third-order valence-corrected chi connectivity index (χ3v) is 2.32. The van der Waals surface area contributed by atoms with Crippen LogP contribution < -0.4 is 4.74 Å². The Hall–Kier alpha value is -1.06. The van der Waals surface area contributed by atoms with Crippen molar-refractivity contribution in [3.63, 3.8) is 0 Å². The molecule has 0 radical (unpaired) electrons. The third-order valence-electron chi connectivity index (χ3n) is 2.01. The van der Waals surface area contributed by atoms with Gasteiger partial charge in [-0.2, -0.15) is 0 Å². The first kappa shape index (κ1) is 12.0. The van der Waals surface area contributed by atoms with E-state index in [0.29, 0.717) is 29.4 Å². The number of Topliss-reactive ketones (excluding diaryl/α,β-unsaturated/α-hetero) is 1. The molecule has 0 spiro atoms. The molecule has 0 aliphatic heterocycles. The van der Waals surface area contributed by atoms with Crippen LogP contribution in [-0.4, -0.2) is 26.6 Å². The fourth-order valence-electron chi connectivity index (χ4n) is 1.18. The Morgan fingerprint density at radius 3 is 2.67 bits per heavy atom. The lowest BCUT2D eigenvalue weighted by molar-refractivity contribution is 0.0932. The van der Waals surface area contributed by atoms with Gasteiger partial charge in [0.2, 0.25) is 0 Å². The van der Waals surface area contributed by atoms with E-state index >= 15 is 0 Å². The van der Waals surface area contributed by atoms with Crippen LogP contribution in [0.1, 0.15) is 16.8 Å². The molecule has 1 aromatic rings. The maximum atomic E-state index is 11.6. The topological polar surface area (TPSA) is 35.5 Å². The summed E-state index contributed by atoms with van der Waals surface area (Å²) in [6, 6.07) is 5.01. The summed E-state index contributed by atoms with van der Waals surface area (Å²) in [7, 11) is 3.11. The molecule has 0 aromatic heterocycles. The summed E-state index contributed by atoms with van der Waals surface area (Å²) in [6.07, 6.45) is 0.336. The summed E-state index contributed by atoms with van der Waals surface area (Å²) >= 11 is 5.94. The van der Waals surface area contributed by atoms with E-state index in [1.165, 1.54) is 0 Å². The van der Waals surface area contributed by atoms with Gasteiger partial charge in [0, 0.05) is 19.1 Å². The molecule has 0 saturated heterocycles. The van der Waals surface area contributed by atoms with Crippen LogP contribution in [0.4, 0.5) is 0 Å². The number of methoxy groups -OCH3 is 2. The van der Waals surface area contributed by atoms with Gasteiger partial charge < -0.3 is 9.47 Å². The Morgan fingerprint density at radius 2 is 2.13 bits per heavy atom. The van der Waals surface area contributed by atoms with Crippen LogP contribution in [-0.2, 0) is 4.74 Å². The molecular weight excluding hydrogens is 216 g/mol. The van der Waals surface area contributed by atoms with Crippen molar-refractivity contribution < 1.29 is 14.3 Å². The molecule has 0 atom stereocenters. The molecule has 82 valence electrons. The molecular formula is C11H13ClO3. The molecule has 15 heavy (non-hydrogen) atoms. The molecule has 0 fully saturated rings. The Labute approximate surface area is 93.9 Å². The van der Waals surface area contributed by atoms with Crippen LogP contribution in [0, 0.1) is 0 Å². The van der Waals surface area contributed by atoms with E-state index in [4.69, 9.17) is 21.1 Å². The number of halogens is 1. The zero-order chi connectivity index (χ0) is 11.3. The normalized spacial score (nSPS) is 10.1. The van der Waals surface area contributed by atoms with Gasteiger partial charge in [0.1, 0.15) is 5.75 Å². The van der Waals surface area contributed by atoms with Gasteiger partial charge in [-0.3, -0.25) is 4.79 Å². The fourth-order valence-corrected chi connectivity index (χ4v) is 1.45. The van der Waals surface area contributed by atoms with Gasteiger partial charge in [-0.15, -0.1) is 0 Å². The first-order valence-corrected chi connectivity index (χ1v) is 4.92. The molecule has 0 saturated carbocycles. The summed E-state index contributed by atoms with van der Waals surface area (Å²) in [5.74, 6) is 0.618. The highest BCUT2D eigenvalue weighted by Crippen LogP contribution is 2.23. The van der Waals surface area contributed by atoms with E-state index < -0.39 is 0 Å². The summed E-state index contributed by atoms with van der Waals surface area (Å²) in [5, 5.41) is 0.412. The number of carbonyl (C=O) groups excluding carboxylic acids is 1. The van der Waals surface area contributed by atoms with Crippen LogP contribution in [0.25, 0.3) is 0 Å². The zero-order valence-corrected chi connectivity index (χ0v) is 9.50. The first-order valence-electron chi connectivity index (χ1n) is 4.54. The smallest absolute Gasteiger partial charge is 0.166 e. The summed E-state index contributed by atoms with van der Waals surface area (Å²) < 4.78 is 9.82. The molecule has 0 N–H and O–H groups in total. The van der Waals surface area contributed by atoms with Crippen molar-refractivity contribution >= 4 is 17.4 Å². The molecule has 4 heteroatoms. The van der Waals surface area contributed by atoms with Gasteiger partial charge in [0.25, 0.3) is 0 Å². The SMILES string of the molecule is COCCC(=O)c1ccc(OC)cc1Cl. The summed E-state index contributed by atoms with van der Waals surface area (Å²) in [4.78, 5) is 11.6. The largest absolute Gasteiger partial charge is 0.497 e. The average Bonchev–Trinajstić information content (AvgIpc) is 2.25. The number of ether oxygens (including phenoxy) is 2. The van der Waals surface area contributed by atoms with Gasteiger partial charge >= 0.3 is 0 Å². The van der Waals surface area contributed by atoms with Crippen molar-refractivity contribution in [3.8, 4) is 5.75 Å². The predicted molar refractivity (Wildman–Crippen MR) is 58.8 cm³/mol. The highest BCUT2D eigenvalue weighted by atomic mass is 35.5. The molecule has 0 bridgehead atoms. The zero-order valence-electron chi connectivity index (χ0n) is 8.75. The summed E-state index contributed by atoms with van der Waals surface area (Å²) in [5.41, 5.74) is 0.509.